The second-order valence-electron chi connectivity index (χ2n) is 9.80. The van der Waals surface area contributed by atoms with Gasteiger partial charge in [0.05, 0.1) is 0 Å². The number of ether oxygens (including phenoxy) is 1. The summed E-state index contributed by atoms with van der Waals surface area (Å²) in [5.74, 6) is 1.23. The Morgan fingerprint density at radius 3 is 2.53 bits per heavy atom. The molecule has 1 aromatic rings. The van der Waals surface area contributed by atoms with Crippen molar-refractivity contribution in [2.45, 2.75) is 58.6 Å². The average Bonchev–Trinajstić information content (AvgIpc) is 3.19. The Kier molecular flexibility index (Phi) is 9.91. The lowest BCUT2D eigenvalue weighted by molar-refractivity contribution is 0.0168. The molecule has 32 heavy (non-hydrogen) atoms. The Balaban J connectivity index is 0.00000363. The molecule has 1 amide bonds. The van der Waals surface area contributed by atoms with E-state index in [1.165, 1.54) is 11.3 Å². The number of hydrogen-bond acceptors (Lipinski definition) is 4. The summed E-state index contributed by atoms with van der Waals surface area (Å²) in [5.41, 5.74) is 2.11. The van der Waals surface area contributed by atoms with Crippen molar-refractivity contribution in [1.82, 2.24) is 15.5 Å². The Bertz CT molecular complexity index is 763. The third-order valence-electron chi connectivity index (χ3n) is 5.88. The van der Waals surface area contributed by atoms with Gasteiger partial charge in [-0.3, -0.25) is 4.99 Å². The SMILES string of the molecule is CN=C(NCC1CCCN(C(=O)OC(C)(C)C)C1)NC1CCN(c2ccc(C)cc2)C1.I. The van der Waals surface area contributed by atoms with E-state index in [4.69, 9.17) is 4.74 Å². The normalized spacial score (nSPS) is 21.7. The molecule has 2 fully saturated rings. The van der Waals surface area contributed by atoms with E-state index in [0.29, 0.717) is 12.0 Å². The van der Waals surface area contributed by atoms with Crippen molar-refractivity contribution in [3.05, 3.63) is 29.8 Å². The molecule has 0 saturated carbocycles. The summed E-state index contributed by atoms with van der Waals surface area (Å²) in [7, 11) is 1.82. The highest BCUT2D eigenvalue weighted by atomic mass is 127. The van der Waals surface area contributed by atoms with Gasteiger partial charge in [0.1, 0.15) is 5.60 Å². The number of aliphatic imine (C=N–C) groups is 1. The molecule has 7 nitrogen and oxygen atoms in total. The van der Waals surface area contributed by atoms with Gasteiger partial charge in [0.2, 0.25) is 0 Å². The number of aryl methyl sites for hydroxylation is 1. The maximum absolute atomic E-state index is 12.4. The fraction of sp³-hybridized carbons (Fsp3) is 0.667. The first-order chi connectivity index (χ1) is 14.7. The Morgan fingerprint density at radius 2 is 1.88 bits per heavy atom. The molecule has 1 aromatic carbocycles. The van der Waals surface area contributed by atoms with Crippen molar-refractivity contribution in [1.29, 1.82) is 0 Å². The monoisotopic (exact) mass is 557 g/mol. The number of piperidine rings is 1. The highest BCUT2D eigenvalue weighted by Crippen LogP contribution is 2.21. The van der Waals surface area contributed by atoms with Crippen LogP contribution in [0.3, 0.4) is 0 Å². The van der Waals surface area contributed by atoms with Crippen LogP contribution < -0.4 is 15.5 Å². The Morgan fingerprint density at radius 1 is 1.16 bits per heavy atom. The van der Waals surface area contributed by atoms with Gasteiger partial charge in [-0.05, 0) is 65.0 Å². The number of halogens is 1. The first-order valence-corrected chi connectivity index (χ1v) is 11.5. The summed E-state index contributed by atoms with van der Waals surface area (Å²) >= 11 is 0. The van der Waals surface area contributed by atoms with Gasteiger partial charge in [0.15, 0.2) is 5.96 Å². The van der Waals surface area contributed by atoms with Crippen LogP contribution in [0.1, 0.15) is 45.6 Å². The summed E-state index contributed by atoms with van der Waals surface area (Å²) in [5, 5.41) is 7.05. The highest BCUT2D eigenvalue weighted by molar-refractivity contribution is 14.0. The van der Waals surface area contributed by atoms with Gasteiger partial charge in [-0.25, -0.2) is 4.79 Å². The summed E-state index contributed by atoms with van der Waals surface area (Å²) in [6, 6.07) is 9.11. The first-order valence-electron chi connectivity index (χ1n) is 11.5. The maximum atomic E-state index is 12.4. The number of rotatable bonds is 4. The van der Waals surface area contributed by atoms with Crippen LogP contribution in [0.5, 0.6) is 0 Å². The minimum Gasteiger partial charge on any atom is -0.444 e. The molecule has 2 N–H and O–H groups in total. The first kappa shape index (κ1) is 26.5. The standard InChI is InChI=1S/C24H39N5O2.HI/c1-18-8-10-21(11-9-18)28-14-12-20(17-28)27-22(25-5)26-15-19-7-6-13-29(16-19)23(30)31-24(2,3)4;/h8-11,19-20H,6-7,12-17H2,1-5H3,(H2,25,26,27);1H. The van der Waals surface area contributed by atoms with Crippen LogP contribution in [0.2, 0.25) is 0 Å². The number of benzene rings is 1. The third kappa shape index (κ3) is 8.01. The molecule has 8 heteroatoms. The fourth-order valence-corrected chi connectivity index (χ4v) is 4.22. The number of likely N-dealkylation sites (tertiary alicyclic amines) is 1. The molecular weight excluding hydrogens is 517 g/mol. The quantitative estimate of drug-likeness (QED) is 0.333. The van der Waals surface area contributed by atoms with Crippen molar-refractivity contribution in [3.63, 3.8) is 0 Å². The van der Waals surface area contributed by atoms with Gasteiger partial charge in [-0.15, -0.1) is 24.0 Å². The summed E-state index contributed by atoms with van der Waals surface area (Å²) in [6.07, 6.45) is 2.99. The number of anilines is 1. The second kappa shape index (κ2) is 12.0. The van der Waals surface area contributed by atoms with Gasteiger partial charge in [0, 0.05) is 51.5 Å². The largest absolute Gasteiger partial charge is 0.444 e. The van der Waals surface area contributed by atoms with E-state index in [1.807, 2.05) is 32.7 Å². The van der Waals surface area contributed by atoms with Gasteiger partial charge >= 0.3 is 6.09 Å². The van der Waals surface area contributed by atoms with Crippen LogP contribution >= 0.6 is 24.0 Å². The number of nitrogens with one attached hydrogen (secondary N) is 2. The lowest BCUT2D eigenvalue weighted by Crippen LogP contribution is -2.49. The van der Waals surface area contributed by atoms with Crippen molar-refractivity contribution in [2.75, 3.05) is 44.7 Å². The molecule has 0 spiro atoms. The van der Waals surface area contributed by atoms with Crippen LogP contribution in [-0.2, 0) is 4.74 Å². The zero-order valence-electron chi connectivity index (χ0n) is 20.2. The van der Waals surface area contributed by atoms with Crippen LogP contribution in [0.25, 0.3) is 0 Å². The van der Waals surface area contributed by atoms with Gasteiger partial charge in [-0.1, -0.05) is 17.7 Å². The molecule has 2 aliphatic rings. The molecular formula is C24H40IN5O2. The van der Waals surface area contributed by atoms with Crippen molar-refractivity contribution >= 4 is 41.7 Å². The molecule has 180 valence electrons. The lowest BCUT2D eigenvalue weighted by atomic mass is 9.98. The number of carbonyl (C=O) groups excluding carboxylic acids is 1. The number of carbonyl (C=O) groups is 1. The molecule has 0 radical (unpaired) electrons. The van der Waals surface area contributed by atoms with Crippen LogP contribution in [0.15, 0.2) is 29.3 Å². The molecule has 0 aliphatic carbocycles. The number of nitrogens with zero attached hydrogens (tertiary/aromatic N) is 3. The molecule has 0 aromatic heterocycles. The predicted molar refractivity (Wildman–Crippen MR) is 142 cm³/mol. The van der Waals surface area contributed by atoms with Crippen molar-refractivity contribution < 1.29 is 9.53 Å². The number of guanidine groups is 1. The zero-order valence-corrected chi connectivity index (χ0v) is 22.5. The van der Waals surface area contributed by atoms with Crippen molar-refractivity contribution in [2.24, 2.45) is 10.9 Å². The Labute approximate surface area is 210 Å². The van der Waals surface area contributed by atoms with Crippen LogP contribution in [0.4, 0.5) is 10.5 Å². The summed E-state index contributed by atoms with van der Waals surface area (Å²) in [4.78, 5) is 21.1. The van der Waals surface area contributed by atoms with Crippen molar-refractivity contribution in [3.8, 4) is 0 Å². The molecule has 2 unspecified atom stereocenters. The predicted octanol–water partition coefficient (Wildman–Crippen LogP) is 4.00. The van der Waals surface area contributed by atoms with Gasteiger partial charge in [-0.2, -0.15) is 0 Å². The van der Waals surface area contributed by atoms with E-state index in [1.54, 1.807) is 0 Å². The zero-order chi connectivity index (χ0) is 22.4. The van der Waals surface area contributed by atoms with E-state index in [-0.39, 0.29) is 30.1 Å². The maximum Gasteiger partial charge on any atom is 0.410 e. The lowest BCUT2D eigenvalue weighted by Gasteiger charge is -2.34. The summed E-state index contributed by atoms with van der Waals surface area (Å²) < 4.78 is 5.54. The highest BCUT2D eigenvalue weighted by Gasteiger charge is 2.28. The molecule has 2 atom stereocenters. The number of hydrogen-bond donors (Lipinski definition) is 2. The second-order valence-corrected chi connectivity index (χ2v) is 9.80. The average molecular weight is 558 g/mol. The van der Waals surface area contributed by atoms with Gasteiger partial charge < -0.3 is 25.2 Å². The van der Waals surface area contributed by atoms with Crippen LogP contribution in [-0.4, -0.2) is 68.4 Å². The minimum absolute atomic E-state index is 0. The molecule has 2 aliphatic heterocycles. The van der Waals surface area contributed by atoms with E-state index in [9.17, 15) is 4.79 Å². The van der Waals surface area contributed by atoms with E-state index in [2.05, 4.69) is 51.7 Å². The Hall–Kier alpha value is -1.71. The molecule has 3 rings (SSSR count). The number of amides is 1. The van der Waals surface area contributed by atoms with E-state index >= 15 is 0 Å². The summed E-state index contributed by atoms with van der Waals surface area (Å²) in [6.45, 7) is 12.2. The van der Waals surface area contributed by atoms with E-state index in [0.717, 1.165) is 57.9 Å². The minimum atomic E-state index is -0.456. The molecule has 0 bridgehead atoms. The smallest absolute Gasteiger partial charge is 0.410 e. The van der Waals surface area contributed by atoms with Gasteiger partial charge in [0.25, 0.3) is 0 Å². The fourth-order valence-electron chi connectivity index (χ4n) is 4.22. The molecule has 2 saturated heterocycles. The topological polar surface area (TPSA) is 69.2 Å². The third-order valence-corrected chi connectivity index (χ3v) is 5.88. The van der Waals surface area contributed by atoms with E-state index < -0.39 is 5.60 Å². The molecule has 2 heterocycles. The van der Waals surface area contributed by atoms with Crippen LogP contribution in [0, 0.1) is 12.8 Å².